The molecule has 1 atom stereocenters. The summed E-state index contributed by atoms with van der Waals surface area (Å²) in [5, 5.41) is 6.22. The maximum Gasteiger partial charge on any atom is 0.286 e. The molecule has 0 aliphatic carbocycles. The zero-order chi connectivity index (χ0) is 16.3. The van der Waals surface area contributed by atoms with Crippen molar-refractivity contribution in [2.75, 3.05) is 19.6 Å². The summed E-state index contributed by atoms with van der Waals surface area (Å²) in [5.74, 6) is 0.104. The molecule has 1 saturated heterocycles. The number of furan rings is 1. The van der Waals surface area contributed by atoms with E-state index in [0.717, 1.165) is 12.8 Å². The van der Waals surface area contributed by atoms with Gasteiger partial charge in [-0.25, -0.2) is 8.42 Å². The SMILES string of the molecule is O=C(NC[C@@H]1CCCN(S(=O)(=O)c2ccsc2)C1)c1ccco1. The Balaban J connectivity index is 1.59. The lowest BCUT2D eigenvalue weighted by atomic mass is 10.00. The molecule has 2 aromatic heterocycles. The summed E-state index contributed by atoms with van der Waals surface area (Å²) < 4.78 is 31.7. The summed E-state index contributed by atoms with van der Waals surface area (Å²) >= 11 is 1.37. The van der Waals surface area contributed by atoms with Gasteiger partial charge in [0.1, 0.15) is 0 Å². The molecule has 0 radical (unpaired) electrons. The fraction of sp³-hybridized carbons (Fsp3) is 0.400. The number of piperidine rings is 1. The average molecular weight is 354 g/mol. The highest BCUT2D eigenvalue weighted by Crippen LogP contribution is 2.24. The third kappa shape index (κ3) is 3.65. The minimum Gasteiger partial charge on any atom is -0.459 e. The zero-order valence-electron chi connectivity index (χ0n) is 12.5. The molecule has 6 nitrogen and oxygen atoms in total. The number of thiophene rings is 1. The standard InChI is InChI=1S/C15H18N2O4S2/c18-15(14-4-2-7-21-14)16-9-12-3-1-6-17(10-12)23(19,20)13-5-8-22-11-13/h2,4-5,7-8,11-12H,1,3,6,9-10H2,(H,16,18)/t12-/m0/s1. The van der Waals surface area contributed by atoms with E-state index < -0.39 is 10.0 Å². The number of hydrogen-bond acceptors (Lipinski definition) is 5. The minimum atomic E-state index is -3.42. The van der Waals surface area contributed by atoms with Crippen LogP contribution in [-0.4, -0.2) is 38.3 Å². The van der Waals surface area contributed by atoms with Gasteiger partial charge in [0.05, 0.1) is 11.2 Å². The molecular formula is C15H18N2O4S2. The van der Waals surface area contributed by atoms with Crippen LogP contribution in [0.15, 0.2) is 44.5 Å². The molecule has 1 aliphatic heterocycles. The molecule has 1 fully saturated rings. The van der Waals surface area contributed by atoms with E-state index in [-0.39, 0.29) is 17.6 Å². The first kappa shape index (κ1) is 16.2. The number of hydrogen-bond donors (Lipinski definition) is 1. The second kappa shape index (κ2) is 6.86. The van der Waals surface area contributed by atoms with Crippen LogP contribution >= 0.6 is 11.3 Å². The van der Waals surface area contributed by atoms with Crippen molar-refractivity contribution in [3.8, 4) is 0 Å². The zero-order valence-corrected chi connectivity index (χ0v) is 14.1. The lowest BCUT2D eigenvalue weighted by Crippen LogP contribution is -2.43. The van der Waals surface area contributed by atoms with Crippen molar-refractivity contribution in [3.05, 3.63) is 41.0 Å². The van der Waals surface area contributed by atoms with E-state index in [1.165, 1.54) is 21.9 Å². The Morgan fingerprint density at radius 2 is 2.30 bits per heavy atom. The van der Waals surface area contributed by atoms with Crippen molar-refractivity contribution in [3.63, 3.8) is 0 Å². The quantitative estimate of drug-likeness (QED) is 0.892. The van der Waals surface area contributed by atoms with Crippen LogP contribution < -0.4 is 5.32 Å². The van der Waals surface area contributed by atoms with E-state index in [2.05, 4.69) is 5.32 Å². The van der Waals surface area contributed by atoms with Crippen LogP contribution in [0.3, 0.4) is 0 Å². The van der Waals surface area contributed by atoms with Gasteiger partial charge in [0.2, 0.25) is 10.0 Å². The van der Waals surface area contributed by atoms with Crippen molar-refractivity contribution >= 4 is 27.3 Å². The molecule has 2 aromatic rings. The second-order valence-corrected chi connectivity index (χ2v) is 8.24. The van der Waals surface area contributed by atoms with Crippen LogP contribution in [0, 0.1) is 5.92 Å². The van der Waals surface area contributed by atoms with Crippen LogP contribution in [0.5, 0.6) is 0 Å². The van der Waals surface area contributed by atoms with Gasteiger partial charge in [0.15, 0.2) is 5.76 Å². The monoisotopic (exact) mass is 354 g/mol. The Kier molecular flexibility index (Phi) is 4.84. The summed E-state index contributed by atoms with van der Waals surface area (Å²) in [5.41, 5.74) is 0. The average Bonchev–Trinajstić information content (AvgIpc) is 3.25. The molecule has 1 amide bonds. The number of carbonyl (C=O) groups is 1. The fourth-order valence-corrected chi connectivity index (χ4v) is 5.26. The Hall–Kier alpha value is -1.64. The molecule has 8 heteroatoms. The summed E-state index contributed by atoms with van der Waals surface area (Å²) in [4.78, 5) is 12.2. The highest BCUT2D eigenvalue weighted by Gasteiger charge is 2.30. The van der Waals surface area contributed by atoms with E-state index >= 15 is 0 Å². The van der Waals surface area contributed by atoms with Crippen LogP contribution in [0.2, 0.25) is 0 Å². The highest BCUT2D eigenvalue weighted by atomic mass is 32.2. The van der Waals surface area contributed by atoms with Gasteiger partial charge in [-0.3, -0.25) is 4.79 Å². The first-order valence-corrected chi connectivity index (χ1v) is 9.80. The molecule has 1 N–H and O–H groups in total. The van der Waals surface area contributed by atoms with Gasteiger partial charge in [-0.1, -0.05) is 0 Å². The number of sulfonamides is 1. The molecule has 3 heterocycles. The molecule has 1 aliphatic rings. The lowest BCUT2D eigenvalue weighted by Gasteiger charge is -2.31. The summed E-state index contributed by atoms with van der Waals surface area (Å²) in [6.45, 7) is 1.40. The van der Waals surface area contributed by atoms with Crippen LogP contribution in [0.4, 0.5) is 0 Å². The van der Waals surface area contributed by atoms with Crippen molar-refractivity contribution < 1.29 is 17.6 Å². The molecular weight excluding hydrogens is 336 g/mol. The molecule has 124 valence electrons. The Morgan fingerprint density at radius 3 is 3.00 bits per heavy atom. The predicted octanol–water partition coefficient (Wildman–Crippen LogP) is 2.17. The normalized spacial score (nSPS) is 19.6. The molecule has 23 heavy (non-hydrogen) atoms. The van der Waals surface area contributed by atoms with E-state index in [1.54, 1.807) is 29.0 Å². The maximum atomic E-state index is 12.5. The van der Waals surface area contributed by atoms with Crippen LogP contribution in [0.1, 0.15) is 23.4 Å². The van der Waals surface area contributed by atoms with Gasteiger partial charge in [-0.05, 0) is 42.3 Å². The van der Waals surface area contributed by atoms with Crippen molar-refractivity contribution in [1.29, 1.82) is 0 Å². The summed E-state index contributed by atoms with van der Waals surface area (Å²) in [6.07, 6.45) is 3.14. The van der Waals surface area contributed by atoms with Crippen molar-refractivity contribution in [1.82, 2.24) is 9.62 Å². The minimum absolute atomic E-state index is 0.107. The Bertz CT molecular complexity index is 739. The van der Waals surface area contributed by atoms with E-state index in [4.69, 9.17) is 4.42 Å². The Morgan fingerprint density at radius 1 is 1.43 bits per heavy atom. The lowest BCUT2D eigenvalue weighted by molar-refractivity contribution is 0.0913. The van der Waals surface area contributed by atoms with Crippen LogP contribution in [0.25, 0.3) is 0 Å². The molecule has 0 spiro atoms. The molecule has 0 unspecified atom stereocenters. The van der Waals surface area contributed by atoms with Gasteiger partial charge in [-0.15, -0.1) is 0 Å². The van der Waals surface area contributed by atoms with Crippen LogP contribution in [-0.2, 0) is 10.0 Å². The van der Waals surface area contributed by atoms with E-state index in [1.807, 2.05) is 0 Å². The van der Waals surface area contributed by atoms with Gasteiger partial charge >= 0.3 is 0 Å². The number of nitrogens with zero attached hydrogens (tertiary/aromatic N) is 1. The molecule has 0 aromatic carbocycles. The third-order valence-electron chi connectivity index (χ3n) is 3.91. The first-order chi connectivity index (χ1) is 11.1. The number of nitrogens with one attached hydrogen (secondary N) is 1. The fourth-order valence-electron chi connectivity index (χ4n) is 2.69. The van der Waals surface area contributed by atoms with E-state index in [9.17, 15) is 13.2 Å². The summed E-state index contributed by atoms with van der Waals surface area (Å²) in [7, 11) is -3.42. The molecule has 0 bridgehead atoms. The van der Waals surface area contributed by atoms with Gasteiger partial charge in [-0.2, -0.15) is 15.6 Å². The smallest absolute Gasteiger partial charge is 0.286 e. The predicted molar refractivity (Wildman–Crippen MR) is 86.8 cm³/mol. The third-order valence-corrected chi connectivity index (χ3v) is 6.60. The number of carbonyl (C=O) groups excluding carboxylic acids is 1. The topological polar surface area (TPSA) is 79.6 Å². The highest BCUT2D eigenvalue weighted by molar-refractivity contribution is 7.89. The summed E-state index contributed by atoms with van der Waals surface area (Å²) in [6, 6.07) is 4.89. The maximum absolute atomic E-state index is 12.5. The van der Waals surface area contributed by atoms with Crippen molar-refractivity contribution in [2.24, 2.45) is 5.92 Å². The van der Waals surface area contributed by atoms with Crippen molar-refractivity contribution in [2.45, 2.75) is 17.7 Å². The van der Waals surface area contributed by atoms with E-state index in [0.29, 0.717) is 24.5 Å². The largest absolute Gasteiger partial charge is 0.459 e. The number of amides is 1. The van der Waals surface area contributed by atoms with Gasteiger partial charge in [0, 0.05) is 25.0 Å². The molecule has 0 saturated carbocycles. The first-order valence-electron chi connectivity index (χ1n) is 7.41. The van der Waals surface area contributed by atoms with Gasteiger partial charge in [0.25, 0.3) is 5.91 Å². The second-order valence-electron chi connectivity index (χ2n) is 5.52. The Labute approximate surface area is 139 Å². The van der Waals surface area contributed by atoms with Gasteiger partial charge < -0.3 is 9.73 Å². The molecule has 3 rings (SSSR count). The number of rotatable bonds is 5.